The number of carbonyl (C=O) groups is 1. The van der Waals surface area contributed by atoms with E-state index in [-0.39, 0.29) is 5.91 Å². The molecule has 0 bridgehead atoms. The van der Waals surface area contributed by atoms with Gasteiger partial charge in [-0.1, -0.05) is 23.5 Å². The Kier molecular flexibility index (Phi) is 5.12. The molecule has 0 radical (unpaired) electrons. The van der Waals surface area contributed by atoms with Gasteiger partial charge in [-0.15, -0.1) is 11.3 Å². The summed E-state index contributed by atoms with van der Waals surface area (Å²) in [5, 5.41) is 3.35. The Morgan fingerprint density at radius 2 is 2.26 bits per heavy atom. The molecule has 1 amide bonds. The number of rotatable bonds is 6. The van der Waals surface area contributed by atoms with Gasteiger partial charge in [-0.2, -0.15) is 0 Å². The number of hydrogen-bond donors (Lipinski definition) is 0. The van der Waals surface area contributed by atoms with Gasteiger partial charge in [0.1, 0.15) is 5.01 Å². The van der Waals surface area contributed by atoms with E-state index in [1.165, 1.54) is 28.7 Å². The second-order valence-electron chi connectivity index (χ2n) is 4.65. The van der Waals surface area contributed by atoms with Crippen LogP contribution in [0.15, 0.2) is 41.9 Å². The molecule has 0 aliphatic heterocycles. The highest BCUT2D eigenvalue weighted by Gasteiger charge is 2.17. The van der Waals surface area contributed by atoms with Gasteiger partial charge < -0.3 is 4.74 Å². The van der Waals surface area contributed by atoms with Crippen LogP contribution in [0.4, 0.5) is 5.13 Å². The number of nitrogens with zero attached hydrogens (tertiary/aromatic N) is 3. The Morgan fingerprint density at radius 1 is 1.39 bits per heavy atom. The lowest BCUT2D eigenvalue weighted by molar-refractivity contribution is -0.114. The van der Waals surface area contributed by atoms with Crippen molar-refractivity contribution in [3.8, 4) is 0 Å². The lowest BCUT2D eigenvalue weighted by atomic mass is 10.3. The van der Waals surface area contributed by atoms with Crippen molar-refractivity contribution in [1.29, 1.82) is 0 Å². The highest BCUT2D eigenvalue weighted by molar-refractivity contribution is 7.22. The van der Waals surface area contributed by atoms with E-state index in [1.807, 2.05) is 29.6 Å². The number of fused-ring (bicyclic) bond motifs is 1. The van der Waals surface area contributed by atoms with Crippen LogP contribution < -0.4 is 4.90 Å². The van der Waals surface area contributed by atoms with Crippen LogP contribution in [0.1, 0.15) is 5.01 Å². The summed E-state index contributed by atoms with van der Waals surface area (Å²) in [6.45, 7) is 0.907. The lowest BCUT2D eigenvalue weighted by Crippen LogP contribution is -2.32. The zero-order valence-electron chi connectivity index (χ0n) is 12.5. The van der Waals surface area contributed by atoms with E-state index in [4.69, 9.17) is 4.74 Å². The molecule has 0 unspecified atom stereocenters. The van der Waals surface area contributed by atoms with Crippen molar-refractivity contribution in [3.63, 3.8) is 0 Å². The highest BCUT2D eigenvalue weighted by Crippen LogP contribution is 2.28. The Bertz CT molecular complexity index is 779. The van der Waals surface area contributed by atoms with Gasteiger partial charge >= 0.3 is 0 Å². The van der Waals surface area contributed by atoms with E-state index < -0.39 is 0 Å². The third-order valence-corrected chi connectivity index (χ3v) is 4.92. The molecule has 0 aliphatic carbocycles. The maximum Gasteiger partial charge on any atom is 0.252 e. The SMILES string of the molecule is COCCN(C(=O)C=Cc1nccs1)c1nc2ccccc2s1. The summed E-state index contributed by atoms with van der Waals surface area (Å²) in [4.78, 5) is 22.9. The highest BCUT2D eigenvalue weighted by atomic mass is 32.1. The molecule has 0 aliphatic rings. The third-order valence-electron chi connectivity index (χ3n) is 3.12. The van der Waals surface area contributed by atoms with E-state index in [0.29, 0.717) is 18.3 Å². The normalized spacial score (nSPS) is 11.3. The molecule has 0 fully saturated rings. The second kappa shape index (κ2) is 7.45. The number of para-hydroxylation sites is 1. The first-order valence-corrected chi connectivity index (χ1v) is 8.71. The van der Waals surface area contributed by atoms with Crippen molar-refractivity contribution < 1.29 is 9.53 Å². The minimum absolute atomic E-state index is 0.128. The van der Waals surface area contributed by atoms with Crippen molar-refractivity contribution in [1.82, 2.24) is 9.97 Å². The van der Waals surface area contributed by atoms with E-state index in [2.05, 4.69) is 9.97 Å². The maximum atomic E-state index is 12.5. The largest absolute Gasteiger partial charge is 0.383 e. The summed E-state index contributed by atoms with van der Waals surface area (Å²) in [6.07, 6.45) is 4.96. The fourth-order valence-corrected chi connectivity index (χ4v) is 3.53. The number of anilines is 1. The zero-order chi connectivity index (χ0) is 16.1. The number of amides is 1. The van der Waals surface area contributed by atoms with Gasteiger partial charge in [0.15, 0.2) is 5.13 Å². The van der Waals surface area contributed by atoms with Crippen molar-refractivity contribution in [3.05, 3.63) is 46.9 Å². The average molecular weight is 345 g/mol. The molecule has 5 nitrogen and oxygen atoms in total. The molecule has 2 aromatic heterocycles. The van der Waals surface area contributed by atoms with Gasteiger partial charge in [0.05, 0.1) is 23.4 Å². The van der Waals surface area contributed by atoms with Gasteiger partial charge in [-0.3, -0.25) is 9.69 Å². The van der Waals surface area contributed by atoms with Crippen LogP contribution in [0.25, 0.3) is 16.3 Å². The van der Waals surface area contributed by atoms with E-state index in [9.17, 15) is 4.79 Å². The first kappa shape index (κ1) is 15.8. The smallest absolute Gasteiger partial charge is 0.252 e. The minimum Gasteiger partial charge on any atom is -0.383 e. The van der Waals surface area contributed by atoms with Crippen molar-refractivity contribution >= 4 is 50.0 Å². The number of thiazole rings is 2. The van der Waals surface area contributed by atoms with Gasteiger partial charge in [0, 0.05) is 24.8 Å². The maximum absolute atomic E-state index is 12.5. The number of methoxy groups -OCH3 is 1. The van der Waals surface area contributed by atoms with Gasteiger partial charge in [0.25, 0.3) is 5.91 Å². The molecule has 0 atom stereocenters. The summed E-state index contributed by atoms with van der Waals surface area (Å²) >= 11 is 2.99. The van der Waals surface area contributed by atoms with Crippen molar-refractivity contribution in [2.24, 2.45) is 0 Å². The van der Waals surface area contributed by atoms with Crippen LogP contribution in [-0.2, 0) is 9.53 Å². The standard InChI is InChI=1S/C16H15N3O2S2/c1-21-10-9-19(15(20)7-6-14-17-8-11-22-14)16-18-12-4-2-3-5-13(12)23-16/h2-8,11H,9-10H2,1H3. The molecular weight excluding hydrogens is 330 g/mol. The van der Waals surface area contributed by atoms with Gasteiger partial charge in [-0.25, -0.2) is 9.97 Å². The van der Waals surface area contributed by atoms with Crippen LogP contribution in [0.3, 0.4) is 0 Å². The summed E-state index contributed by atoms with van der Waals surface area (Å²) < 4.78 is 6.17. The van der Waals surface area contributed by atoms with Gasteiger partial charge in [0.2, 0.25) is 0 Å². The molecule has 23 heavy (non-hydrogen) atoms. The average Bonchev–Trinajstić information content (AvgIpc) is 3.22. The molecule has 1 aromatic carbocycles. The van der Waals surface area contributed by atoms with Gasteiger partial charge in [-0.05, 0) is 18.2 Å². The molecular formula is C16H15N3O2S2. The Balaban J connectivity index is 1.85. The van der Waals surface area contributed by atoms with Crippen LogP contribution in [0, 0.1) is 0 Å². The molecule has 0 N–H and O–H groups in total. The van der Waals surface area contributed by atoms with E-state index >= 15 is 0 Å². The van der Waals surface area contributed by atoms with Crippen molar-refractivity contribution in [2.45, 2.75) is 0 Å². The van der Waals surface area contributed by atoms with Crippen molar-refractivity contribution in [2.75, 3.05) is 25.2 Å². The predicted molar refractivity (Wildman–Crippen MR) is 95.0 cm³/mol. The predicted octanol–water partition coefficient (Wildman–Crippen LogP) is 3.45. The quantitative estimate of drug-likeness (QED) is 0.642. The van der Waals surface area contributed by atoms with Crippen LogP contribution in [0.5, 0.6) is 0 Å². The molecule has 0 spiro atoms. The first-order chi connectivity index (χ1) is 11.3. The van der Waals surface area contributed by atoms with E-state index in [1.54, 1.807) is 24.3 Å². The summed E-state index contributed by atoms with van der Waals surface area (Å²) in [6, 6.07) is 7.85. The summed E-state index contributed by atoms with van der Waals surface area (Å²) in [5.41, 5.74) is 0.895. The number of ether oxygens (including phenoxy) is 1. The zero-order valence-corrected chi connectivity index (χ0v) is 14.1. The topological polar surface area (TPSA) is 55.3 Å². The minimum atomic E-state index is -0.128. The number of carbonyl (C=O) groups excluding carboxylic acids is 1. The van der Waals surface area contributed by atoms with Crippen LogP contribution in [0.2, 0.25) is 0 Å². The number of aromatic nitrogens is 2. The number of benzene rings is 1. The Hall–Kier alpha value is -2.09. The molecule has 0 saturated heterocycles. The first-order valence-electron chi connectivity index (χ1n) is 7.01. The molecule has 2 heterocycles. The Labute approximate surface area is 141 Å². The molecule has 3 aromatic rings. The molecule has 118 valence electrons. The van der Waals surface area contributed by atoms with E-state index in [0.717, 1.165) is 15.2 Å². The third kappa shape index (κ3) is 3.82. The fourth-order valence-electron chi connectivity index (χ4n) is 2.01. The molecule has 7 heteroatoms. The Morgan fingerprint density at radius 3 is 3.00 bits per heavy atom. The van der Waals surface area contributed by atoms with Crippen LogP contribution >= 0.6 is 22.7 Å². The lowest BCUT2D eigenvalue weighted by Gasteiger charge is -2.17. The monoisotopic (exact) mass is 345 g/mol. The summed E-state index contributed by atoms with van der Waals surface area (Å²) in [5.74, 6) is -0.128. The second-order valence-corrected chi connectivity index (χ2v) is 6.59. The van der Waals surface area contributed by atoms with Crippen LogP contribution in [-0.4, -0.2) is 36.1 Å². The number of hydrogen-bond acceptors (Lipinski definition) is 6. The fraction of sp³-hybridized carbons (Fsp3) is 0.188. The molecule has 0 saturated carbocycles. The summed E-state index contributed by atoms with van der Waals surface area (Å²) in [7, 11) is 1.62. The molecule has 3 rings (SSSR count).